The molecule has 1 aliphatic heterocycles. The van der Waals surface area contributed by atoms with Crippen LogP contribution in [0.5, 0.6) is 0 Å². The van der Waals surface area contributed by atoms with Crippen molar-refractivity contribution in [3.63, 3.8) is 0 Å². The monoisotopic (exact) mass is 193 g/mol. The Morgan fingerprint density at radius 1 is 1.50 bits per heavy atom. The van der Waals surface area contributed by atoms with Gasteiger partial charge in [-0.3, -0.25) is 4.90 Å². The normalized spacial score (nSPS) is 30.8. The van der Waals surface area contributed by atoms with Crippen molar-refractivity contribution in [3.05, 3.63) is 0 Å². The zero-order valence-electron chi connectivity index (χ0n) is 8.16. The van der Waals surface area contributed by atoms with Gasteiger partial charge in [-0.25, -0.2) is 0 Å². The molecule has 1 heterocycles. The van der Waals surface area contributed by atoms with Gasteiger partial charge in [-0.2, -0.15) is 0 Å². The molecule has 1 rings (SSSR count). The van der Waals surface area contributed by atoms with E-state index in [1.54, 1.807) is 0 Å². The molecule has 2 nitrogen and oxygen atoms in total. The largest absolute Gasteiger partial charge is 0.392 e. The van der Waals surface area contributed by atoms with Gasteiger partial charge in [0.05, 0.1) is 6.10 Å². The molecular formula is C9H20ClNO. The molecule has 0 saturated carbocycles. The number of rotatable bonds is 2. The van der Waals surface area contributed by atoms with Crippen LogP contribution in [-0.4, -0.2) is 35.2 Å². The van der Waals surface area contributed by atoms with E-state index in [0.717, 1.165) is 19.5 Å². The topological polar surface area (TPSA) is 23.5 Å². The third-order valence-electron chi connectivity index (χ3n) is 2.28. The van der Waals surface area contributed by atoms with Crippen molar-refractivity contribution in [1.82, 2.24) is 4.90 Å². The minimum atomic E-state index is -0.0799. The summed E-state index contributed by atoms with van der Waals surface area (Å²) in [5.74, 6) is 0.711. The smallest absolute Gasteiger partial charge is 0.0682 e. The zero-order valence-corrected chi connectivity index (χ0v) is 8.97. The Hall–Kier alpha value is 0.210. The molecule has 1 saturated heterocycles. The van der Waals surface area contributed by atoms with Gasteiger partial charge in [0.2, 0.25) is 0 Å². The van der Waals surface area contributed by atoms with Crippen LogP contribution >= 0.6 is 12.4 Å². The highest BCUT2D eigenvalue weighted by molar-refractivity contribution is 5.85. The van der Waals surface area contributed by atoms with Gasteiger partial charge in [0, 0.05) is 19.1 Å². The predicted octanol–water partition coefficient (Wildman–Crippen LogP) is 1.52. The number of likely N-dealkylation sites (tertiary alicyclic amines) is 1. The lowest BCUT2D eigenvalue weighted by atomic mass is 10.2. The molecule has 2 atom stereocenters. The quantitative estimate of drug-likeness (QED) is 0.719. The van der Waals surface area contributed by atoms with Gasteiger partial charge < -0.3 is 5.11 Å². The van der Waals surface area contributed by atoms with E-state index in [4.69, 9.17) is 0 Å². The van der Waals surface area contributed by atoms with Crippen molar-refractivity contribution in [1.29, 1.82) is 0 Å². The first-order valence-electron chi connectivity index (χ1n) is 4.51. The first kappa shape index (κ1) is 12.2. The molecule has 12 heavy (non-hydrogen) atoms. The summed E-state index contributed by atoms with van der Waals surface area (Å²) in [4.78, 5) is 2.37. The number of aliphatic hydroxyl groups is 1. The summed E-state index contributed by atoms with van der Waals surface area (Å²) in [6, 6.07) is 0.576. The van der Waals surface area contributed by atoms with Gasteiger partial charge >= 0.3 is 0 Å². The van der Waals surface area contributed by atoms with Crippen LogP contribution in [0.1, 0.15) is 27.2 Å². The van der Waals surface area contributed by atoms with Crippen LogP contribution in [0.3, 0.4) is 0 Å². The highest BCUT2D eigenvalue weighted by Crippen LogP contribution is 2.18. The number of hydrogen-bond donors (Lipinski definition) is 1. The first-order valence-corrected chi connectivity index (χ1v) is 4.51. The van der Waals surface area contributed by atoms with Crippen molar-refractivity contribution >= 4 is 12.4 Å². The lowest BCUT2D eigenvalue weighted by Gasteiger charge is -2.22. The second-order valence-corrected chi connectivity index (χ2v) is 4.09. The van der Waals surface area contributed by atoms with Gasteiger partial charge in [0.25, 0.3) is 0 Å². The number of hydrogen-bond acceptors (Lipinski definition) is 2. The van der Waals surface area contributed by atoms with E-state index in [9.17, 15) is 5.11 Å². The fourth-order valence-electron chi connectivity index (χ4n) is 1.79. The molecule has 1 fully saturated rings. The number of nitrogens with zero attached hydrogens (tertiary/aromatic N) is 1. The van der Waals surface area contributed by atoms with Crippen molar-refractivity contribution in [2.75, 3.05) is 13.1 Å². The number of β-amino-alcohol motifs (C(OH)–C–C–N with tert-alkyl or cyclic N) is 1. The molecule has 0 unspecified atom stereocenters. The predicted molar refractivity (Wildman–Crippen MR) is 53.7 cm³/mol. The van der Waals surface area contributed by atoms with Gasteiger partial charge in [-0.05, 0) is 19.3 Å². The SMILES string of the molecule is CC(C)CN1C[C@H](O)C[C@H]1C.Cl. The Morgan fingerprint density at radius 3 is 2.42 bits per heavy atom. The maximum atomic E-state index is 9.34. The summed E-state index contributed by atoms with van der Waals surface area (Å²) in [5.41, 5.74) is 0. The van der Waals surface area contributed by atoms with E-state index >= 15 is 0 Å². The lowest BCUT2D eigenvalue weighted by molar-refractivity contribution is 0.170. The number of halogens is 1. The fraction of sp³-hybridized carbons (Fsp3) is 1.00. The Kier molecular flexibility index (Phi) is 5.14. The number of aliphatic hydroxyl groups excluding tert-OH is 1. The fourth-order valence-corrected chi connectivity index (χ4v) is 1.79. The average Bonchev–Trinajstić information content (AvgIpc) is 2.09. The maximum absolute atomic E-state index is 9.34. The molecule has 0 radical (unpaired) electrons. The lowest BCUT2D eigenvalue weighted by Crippen LogP contribution is -2.31. The minimum Gasteiger partial charge on any atom is -0.392 e. The van der Waals surface area contributed by atoms with E-state index in [2.05, 4.69) is 25.7 Å². The minimum absolute atomic E-state index is 0. The van der Waals surface area contributed by atoms with Gasteiger partial charge in [-0.1, -0.05) is 13.8 Å². The van der Waals surface area contributed by atoms with E-state index in [1.165, 1.54) is 0 Å². The molecular weight excluding hydrogens is 174 g/mol. The molecule has 0 aliphatic carbocycles. The van der Waals surface area contributed by atoms with Crippen molar-refractivity contribution < 1.29 is 5.11 Å². The van der Waals surface area contributed by atoms with Crippen LogP contribution in [0.2, 0.25) is 0 Å². The molecule has 74 valence electrons. The second kappa shape index (κ2) is 5.05. The summed E-state index contributed by atoms with van der Waals surface area (Å²) < 4.78 is 0. The zero-order chi connectivity index (χ0) is 8.43. The first-order chi connectivity index (χ1) is 5.09. The molecule has 1 aliphatic rings. The molecule has 0 amide bonds. The van der Waals surface area contributed by atoms with Gasteiger partial charge in [-0.15, -0.1) is 12.4 Å². The van der Waals surface area contributed by atoms with Crippen LogP contribution in [0, 0.1) is 5.92 Å². The van der Waals surface area contributed by atoms with Crippen LogP contribution in [0.4, 0.5) is 0 Å². The van der Waals surface area contributed by atoms with Crippen molar-refractivity contribution in [2.24, 2.45) is 5.92 Å². The van der Waals surface area contributed by atoms with Crippen molar-refractivity contribution in [2.45, 2.75) is 39.3 Å². The standard InChI is InChI=1S/C9H19NO.ClH/c1-7(2)5-10-6-9(11)4-8(10)3;/h7-9,11H,4-6H2,1-3H3;1H/t8-,9-;/m1./s1. The van der Waals surface area contributed by atoms with E-state index in [-0.39, 0.29) is 18.5 Å². The Balaban J connectivity index is 0.00000121. The van der Waals surface area contributed by atoms with Gasteiger partial charge in [0.1, 0.15) is 0 Å². The second-order valence-electron chi connectivity index (χ2n) is 4.09. The molecule has 0 bridgehead atoms. The van der Waals surface area contributed by atoms with Crippen molar-refractivity contribution in [3.8, 4) is 0 Å². The van der Waals surface area contributed by atoms with E-state index in [0.29, 0.717) is 12.0 Å². The Morgan fingerprint density at radius 2 is 2.08 bits per heavy atom. The highest BCUT2D eigenvalue weighted by atomic mass is 35.5. The molecule has 1 N–H and O–H groups in total. The van der Waals surface area contributed by atoms with E-state index in [1.807, 2.05) is 0 Å². The summed E-state index contributed by atoms with van der Waals surface area (Å²) in [6.45, 7) is 8.63. The Labute approximate surface area is 81.4 Å². The highest BCUT2D eigenvalue weighted by Gasteiger charge is 2.27. The summed E-state index contributed by atoms with van der Waals surface area (Å²) in [7, 11) is 0. The van der Waals surface area contributed by atoms with Crippen LogP contribution in [0.15, 0.2) is 0 Å². The van der Waals surface area contributed by atoms with Crippen LogP contribution < -0.4 is 0 Å². The molecule has 0 aromatic rings. The maximum Gasteiger partial charge on any atom is 0.0682 e. The average molecular weight is 194 g/mol. The van der Waals surface area contributed by atoms with Gasteiger partial charge in [0.15, 0.2) is 0 Å². The molecule has 0 aromatic carbocycles. The van der Waals surface area contributed by atoms with E-state index < -0.39 is 0 Å². The third kappa shape index (κ3) is 3.30. The third-order valence-corrected chi connectivity index (χ3v) is 2.28. The molecule has 0 aromatic heterocycles. The summed E-state index contributed by atoms with van der Waals surface area (Å²) in [6.07, 6.45) is 0.871. The van der Waals surface area contributed by atoms with Crippen LogP contribution in [-0.2, 0) is 0 Å². The summed E-state index contributed by atoms with van der Waals surface area (Å²) in [5, 5.41) is 9.34. The summed E-state index contributed by atoms with van der Waals surface area (Å²) >= 11 is 0. The molecule has 3 heteroatoms. The van der Waals surface area contributed by atoms with Crippen LogP contribution in [0.25, 0.3) is 0 Å². The Bertz CT molecular complexity index is 130. The molecule has 0 spiro atoms.